The molecule has 0 bridgehead atoms. The van der Waals surface area contributed by atoms with Crippen LogP contribution in [-0.4, -0.2) is 50.6 Å². The molecule has 1 amide bonds. The predicted molar refractivity (Wildman–Crippen MR) is 114 cm³/mol. The number of nitrogens with zero attached hydrogens (tertiary/aromatic N) is 2. The van der Waals surface area contributed by atoms with E-state index >= 15 is 0 Å². The fraction of sp³-hybridized carbons (Fsp3) is 0.391. The third-order valence-electron chi connectivity index (χ3n) is 4.40. The summed E-state index contributed by atoms with van der Waals surface area (Å²) in [5.74, 6) is -0.768. The van der Waals surface area contributed by atoms with E-state index in [1.165, 1.54) is 0 Å². The lowest BCUT2D eigenvalue weighted by Gasteiger charge is -2.18. The van der Waals surface area contributed by atoms with Crippen molar-refractivity contribution in [1.29, 1.82) is 0 Å². The van der Waals surface area contributed by atoms with Crippen LogP contribution in [0.5, 0.6) is 0 Å². The van der Waals surface area contributed by atoms with Crippen molar-refractivity contribution < 1.29 is 19.1 Å². The molecular weight excluding hydrogens is 368 g/mol. The number of anilines is 1. The minimum atomic E-state index is -0.515. The van der Waals surface area contributed by atoms with Crippen LogP contribution in [0.2, 0.25) is 0 Å². The molecule has 2 aromatic rings. The van der Waals surface area contributed by atoms with Crippen molar-refractivity contribution in [3.63, 3.8) is 0 Å². The lowest BCUT2D eigenvalue weighted by atomic mass is 10.1. The average molecular weight is 399 g/mol. The number of carbonyl (C=O) groups excluding carboxylic acids is 2. The van der Waals surface area contributed by atoms with Gasteiger partial charge in [0.15, 0.2) is 6.61 Å². The van der Waals surface area contributed by atoms with E-state index in [1.807, 2.05) is 69.2 Å². The summed E-state index contributed by atoms with van der Waals surface area (Å²) in [5.41, 5.74) is 3.50. The van der Waals surface area contributed by atoms with E-state index in [4.69, 9.17) is 9.47 Å². The van der Waals surface area contributed by atoms with Crippen molar-refractivity contribution in [2.45, 2.75) is 33.1 Å². The molecule has 2 aromatic carbocycles. The number of ether oxygens (including phenoxy) is 2. The minimum Gasteiger partial charge on any atom is -0.452 e. The highest BCUT2D eigenvalue weighted by atomic mass is 16.5. The quantitative estimate of drug-likeness (QED) is 0.605. The molecule has 6 nitrogen and oxygen atoms in total. The van der Waals surface area contributed by atoms with E-state index in [0.717, 1.165) is 16.8 Å². The van der Waals surface area contributed by atoms with E-state index in [9.17, 15) is 9.59 Å². The Labute approximate surface area is 173 Å². The number of carbonyl (C=O) groups is 2. The van der Waals surface area contributed by atoms with E-state index in [-0.39, 0.29) is 18.6 Å². The Balaban J connectivity index is 1.81. The Kier molecular flexibility index (Phi) is 8.21. The van der Waals surface area contributed by atoms with Crippen molar-refractivity contribution in [3.8, 4) is 0 Å². The van der Waals surface area contributed by atoms with E-state index < -0.39 is 5.97 Å². The Morgan fingerprint density at radius 3 is 2.03 bits per heavy atom. The van der Waals surface area contributed by atoms with Gasteiger partial charge in [0.1, 0.15) is 0 Å². The molecule has 6 heteroatoms. The van der Waals surface area contributed by atoms with Crippen LogP contribution in [0.4, 0.5) is 5.69 Å². The van der Waals surface area contributed by atoms with Crippen LogP contribution in [0, 0.1) is 0 Å². The fourth-order valence-corrected chi connectivity index (χ4v) is 2.58. The molecule has 0 aliphatic heterocycles. The molecule has 0 atom stereocenters. The van der Waals surface area contributed by atoms with Gasteiger partial charge in [-0.3, -0.25) is 4.79 Å². The molecule has 0 N–H and O–H groups in total. The van der Waals surface area contributed by atoms with Crippen LogP contribution < -0.4 is 4.90 Å². The first-order chi connectivity index (χ1) is 13.8. The first kappa shape index (κ1) is 22.4. The number of esters is 1. The molecule has 0 saturated carbocycles. The van der Waals surface area contributed by atoms with Crippen molar-refractivity contribution >= 4 is 17.6 Å². The zero-order valence-corrected chi connectivity index (χ0v) is 17.8. The zero-order chi connectivity index (χ0) is 21.4. The standard InChI is InChI=1S/C23H30N2O4/c1-17(2)28-15-19-6-10-20(11-7-19)23(27)29-16-22(26)25(5)14-18-8-12-21(13-9-18)24(3)4/h6-13,17H,14-16H2,1-5H3. The largest absolute Gasteiger partial charge is 0.452 e. The molecule has 0 aromatic heterocycles. The van der Waals surface area contributed by atoms with Gasteiger partial charge in [-0.15, -0.1) is 0 Å². The van der Waals surface area contributed by atoms with Crippen LogP contribution in [0.15, 0.2) is 48.5 Å². The average Bonchev–Trinajstić information content (AvgIpc) is 2.70. The first-order valence-corrected chi connectivity index (χ1v) is 9.64. The van der Waals surface area contributed by atoms with Gasteiger partial charge in [0, 0.05) is 33.4 Å². The van der Waals surface area contributed by atoms with Gasteiger partial charge in [-0.25, -0.2) is 4.79 Å². The smallest absolute Gasteiger partial charge is 0.338 e. The predicted octanol–water partition coefficient (Wildman–Crippen LogP) is 3.49. The highest BCUT2D eigenvalue weighted by Gasteiger charge is 2.14. The van der Waals surface area contributed by atoms with Gasteiger partial charge in [0.25, 0.3) is 5.91 Å². The van der Waals surface area contributed by atoms with Crippen LogP contribution in [0.3, 0.4) is 0 Å². The van der Waals surface area contributed by atoms with Crippen LogP contribution in [0.25, 0.3) is 0 Å². The Hall–Kier alpha value is -2.86. The molecule has 0 unspecified atom stereocenters. The lowest BCUT2D eigenvalue weighted by molar-refractivity contribution is -0.133. The Morgan fingerprint density at radius 1 is 0.897 bits per heavy atom. The lowest BCUT2D eigenvalue weighted by Crippen LogP contribution is -2.30. The summed E-state index contributed by atoms with van der Waals surface area (Å²) in [6.07, 6.45) is 0.147. The van der Waals surface area contributed by atoms with Crippen molar-refractivity contribution in [2.75, 3.05) is 32.6 Å². The number of rotatable bonds is 9. The molecule has 29 heavy (non-hydrogen) atoms. The normalized spacial score (nSPS) is 10.7. The summed E-state index contributed by atoms with van der Waals surface area (Å²) < 4.78 is 10.7. The molecule has 0 saturated heterocycles. The van der Waals surface area contributed by atoms with Gasteiger partial charge in [0.2, 0.25) is 0 Å². The van der Waals surface area contributed by atoms with Crippen molar-refractivity contribution in [2.24, 2.45) is 0 Å². The summed E-state index contributed by atoms with van der Waals surface area (Å²) in [6, 6.07) is 15.0. The second-order valence-corrected chi connectivity index (χ2v) is 7.44. The summed E-state index contributed by atoms with van der Waals surface area (Å²) in [4.78, 5) is 28.0. The topological polar surface area (TPSA) is 59.1 Å². The molecule has 0 fully saturated rings. The SMILES string of the molecule is CC(C)OCc1ccc(C(=O)OCC(=O)N(C)Cc2ccc(N(C)C)cc2)cc1. The zero-order valence-electron chi connectivity index (χ0n) is 17.8. The maximum atomic E-state index is 12.3. The third-order valence-corrected chi connectivity index (χ3v) is 4.40. The number of amides is 1. The van der Waals surface area contributed by atoms with E-state index in [2.05, 4.69) is 0 Å². The number of likely N-dealkylation sites (N-methyl/N-ethyl adjacent to an activating group) is 1. The second-order valence-electron chi connectivity index (χ2n) is 7.44. The Morgan fingerprint density at radius 2 is 1.48 bits per heavy atom. The third kappa shape index (κ3) is 7.23. The van der Waals surface area contributed by atoms with Gasteiger partial charge in [-0.05, 0) is 49.2 Å². The maximum Gasteiger partial charge on any atom is 0.338 e. The molecule has 0 spiro atoms. The minimum absolute atomic E-state index is 0.147. The summed E-state index contributed by atoms with van der Waals surface area (Å²) in [5, 5.41) is 0. The fourth-order valence-electron chi connectivity index (χ4n) is 2.58. The van der Waals surface area contributed by atoms with Gasteiger partial charge >= 0.3 is 5.97 Å². The van der Waals surface area contributed by atoms with Crippen molar-refractivity contribution in [3.05, 3.63) is 65.2 Å². The molecule has 2 rings (SSSR count). The van der Waals surface area contributed by atoms with E-state index in [1.54, 1.807) is 24.1 Å². The van der Waals surface area contributed by atoms with Crippen molar-refractivity contribution in [1.82, 2.24) is 4.90 Å². The molecule has 0 heterocycles. The van der Waals surface area contributed by atoms with Gasteiger partial charge in [-0.1, -0.05) is 24.3 Å². The summed E-state index contributed by atoms with van der Waals surface area (Å²) in [6.45, 7) is 4.60. The number of benzene rings is 2. The molecule has 0 aliphatic carbocycles. The van der Waals surface area contributed by atoms with Gasteiger partial charge in [-0.2, -0.15) is 0 Å². The monoisotopic (exact) mass is 398 g/mol. The summed E-state index contributed by atoms with van der Waals surface area (Å²) in [7, 11) is 5.65. The maximum absolute atomic E-state index is 12.3. The highest BCUT2D eigenvalue weighted by molar-refractivity contribution is 5.91. The van der Waals surface area contributed by atoms with Gasteiger partial charge in [0.05, 0.1) is 18.3 Å². The number of hydrogen-bond donors (Lipinski definition) is 0. The van der Waals surface area contributed by atoms with Crippen LogP contribution >= 0.6 is 0 Å². The Bertz CT molecular complexity index is 799. The van der Waals surface area contributed by atoms with Crippen LogP contribution in [0.1, 0.15) is 35.3 Å². The van der Waals surface area contributed by atoms with E-state index in [0.29, 0.717) is 18.7 Å². The molecule has 0 radical (unpaired) electrons. The molecule has 0 aliphatic rings. The summed E-state index contributed by atoms with van der Waals surface area (Å²) >= 11 is 0. The number of hydrogen-bond acceptors (Lipinski definition) is 5. The van der Waals surface area contributed by atoms with Gasteiger partial charge < -0.3 is 19.3 Å². The molecule has 156 valence electrons. The first-order valence-electron chi connectivity index (χ1n) is 9.64. The highest BCUT2D eigenvalue weighted by Crippen LogP contribution is 2.13. The second kappa shape index (κ2) is 10.6. The van der Waals surface area contributed by atoms with Crippen LogP contribution in [-0.2, 0) is 27.4 Å². The molecular formula is C23H30N2O4.